The molecule has 0 amide bonds. The van der Waals surface area contributed by atoms with Gasteiger partial charge in [0.1, 0.15) is 12.1 Å². The molecule has 2 aromatic carbocycles. The van der Waals surface area contributed by atoms with E-state index in [0.717, 1.165) is 30.6 Å². The highest BCUT2D eigenvalue weighted by molar-refractivity contribution is 5.76. The van der Waals surface area contributed by atoms with Crippen molar-refractivity contribution in [1.82, 2.24) is 9.97 Å². The van der Waals surface area contributed by atoms with Crippen molar-refractivity contribution in [3.8, 4) is 5.75 Å². The van der Waals surface area contributed by atoms with Crippen molar-refractivity contribution < 1.29 is 22.8 Å². The summed E-state index contributed by atoms with van der Waals surface area (Å²) >= 11 is 0. The molecule has 0 bridgehead atoms. The Morgan fingerprint density at radius 1 is 0.931 bits per heavy atom. The first-order chi connectivity index (χ1) is 13.8. The van der Waals surface area contributed by atoms with Crippen molar-refractivity contribution in [3.63, 3.8) is 0 Å². The van der Waals surface area contributed by atoms with Gasteiger partial charge in [0.15, 0.2) is 0 Å². The number of anilines is 4. The third-order valence-electron chi connectivity index (χ3n) is 3.83. The topological polar surface area (TPSA) is 102 Å². The van der Waals surface area contributed by atoms with E-state index in [1.165, 1.54) is 7.11 Å². The molecule has 0 atom stereocenters. The molecule has 0 spiro atoms. The second kappa shape index (κ2) is 8.00. The summed E-state index contributed by atoms with van der Waals surface area (Å²) in [4.78, 5) is 18.7. The van der Waals surface area contributed by atoms with Gasteiger partial charge in [0.2, 0.25) is 11.6 Å². The molecule has 29 heavy (non-hydrogen) atoms. The largest absolute Gasteiger partial charge is 0.497 e. The van der Waals surface area contributed by atoms with E-state index in [1.807, 2.05) is 0 Å². The first-order valence-electron chi connectivity index (χ1n) is 8.12. The van der Waals surface area contributed by atoms with Crippen LogP contribution in [0.25, 0.3) is 0 Å². The first kappa shape index (κ1) is 19.9. The second-order valence-corrected chi connectivity index (χ2v) is 5.73. The fraction of sp³-hybridized carbons (Fsp3) is 0.111. The third-order valence-corrected chi connectivity index (χ3v) is 3.83. The van der Waals surface area contributed by atoms with Crippen LogP contribution in [0.5, 0.6) is 5.75 Å². The molecule has 11 heteroatoms. The minimum absolute atomic E-state index is 0.0791. The van der Waals surface area contributed by atoms with Crippen LogP contribution in [0.2, 0.25) is 0 Å². The van der Waals surface area contributed by atoms with E-state index in [0.29, 0.717) is 11.4 Å². The number of benzene rings is 2. The molecule has 0 saturated carbocycles. The van der Waals surface area contributed by atoms with Crippen molar-refractivity contribution in [3.05, 3.63) is 70.5 Å². The van der Waals surface area contributed by atoms with E-state index in [1.54, 1.807) is 24.3 Å². The number of nitro groups is 1. The fourth-order valence-corrected chi connectivity index (χ4v) is 2.42. The SMILES string of the molecule is COc1ccc(Nc2ncnc(Nc3ccc(C(F)(F)F)cc3)c2[N+](=O)[O-])cc1. The maximum Gasteiger partial charge on any atom is 0.416 e. The molecule has 8 nitrogen and oxygen atoms in total. The monoisotopic (exact) mass is 405 g/mol. The summed E-state index contributed by atoms with van der Waals surface area (Å²) in [6.07, 6.45) is -3.37. The highest BCUT2D eigenvalue weighted by Crippen LogP contribution is 2.34. The summed E-state index contributed by atoms with van der Waals surface area (Å²) in [7, 11) is 1.51. The summed E-state index contributed by atoms with van der Waals surface area (Å²) in [5, 5.41) is 17.1. The minimum atomic E-state index is -4.48. The van der Waals surface area contributed by atoms with Crippen LogP contribution in [0.3, 0.4) is 0 Å². The number of halogens is 3. The number of hydrogen-bond acceptors (Lipinski definition) is 7. The third kappa shape index (κ3) is 4.69. The molecule has 2 N–H and O–H groups in total. The molecule has 0 saturated heterocycles. The Balaban J connectivity index is 1.89. The van der Waals surface area contributed by atoms with Crippen LogP contribution < -0.4 is 15.4 Å². The molecular formula is C18H14F3N5O3. The molecule has 150 valence electrons. The molecule has 0 radical (unpaired) electrons. The highest BCUT2D eigenvalue weighted by atomic mass is 19.4. The molecule has 0 unspecified atom stereocenters. The number of methoxy groups -OCH3 is 1. The zero-order valence-corrected chi connectivity index (χ0v) is 14.9. The average Bonchev–Trinajstić information content (AvgIpc) is 2.68. The molecule has 0 fully saturated rings. The fourth-order valence-electron chi connectivity index (χ4n) is 2.42. The van der Waals surface area contributed by atoms with Crippen LogP contribution in [0.1, 0.15) is 5.56 Å². The standard InChI is InChI=1S/C18H14F3N5O3/c1-29-14-8-6-13(7-9-14)25-17-15(26(27)28)16(22-10-23-17)24-12-4-2-11(3-5-12)18(19,20)21/h2-10H,1H3,(H2,22,23,24,25). The van der Waals surface area contributed by atoms with Crippen molar-refractivity contribution in [2.45, 2.75) is 6.18 Å². The first-order valence-corrected chi connectivity index (χ1v) is 8.12. The number of nitrogens with one attached hydrogen (secondary N) is 2. The van der Waals surface area contributed by atoms with Gasteiger partial charge in [-0.05, 0) is 48.5 Å². The molecule has 3 aromatic rings. The van der Waals surface area contributed by atoms with Gasteiger partial charge in [-0.3, -0.25) is 10.1 Å². The Hall–Kier alpha value is -3.89. The van der Waals surface area contributed by atoms with Crippen molar-refractivity contribution in [2.24, 2.45) is 0 Å². The second-order valence-electron chi connectivity index (χ2n) is 5.73. The number of aromatic nitrogens is 2. The lowest BCUT2D eigenvalue weighted by Crippen LogP contribution is -2.06. The number of rotatable bonds is 6. The van der Waals surface area contributed by atoms with Gasteiger partial charge in [0, 0.05) is 11.4 Å². The number of hydrogen-bond donors (Lipinski definition) is 2. The van der Waals surface area contributed by atoms with E-state index in [9.17, 15) is 23.3 Å². The molecule has 1 aromatic heterocycles. The predicted molar refractivity (Wildman–Crippen MR) is 99.7 cm³/mol. The molecule has 3 rings (SSSR count). The smallest absolute Gasteiger partial charge is 0.416 e. The highest BCUT2D eigenvalue weighted by Gasteiger charge is 2.30. The van der Waals surface area contributed by atoms with E-state index < -0.39 is 22.4 Å². The van der Waals surface area contributed by atoms with Gasteiger partial charge in [-0.25, -0.2) is 9.97 Å². The van der Waals surface area contributed by atoms with Gasteiger partial charge in [-0.2, -0.15) is 13.2 Å². The van der Waals surface area contributed by atoms with Gasteiger partial charge in [-0.15, -0.1) is 0 Å². The quantitative estimate of drug-likeness (QED) is 0.444. The summed E-state index contributed by atoms with van der Waals surface area (Å²) < 4.78 is 43.1. The van der Waals surface area contributed by atoms with Crippen molar-refractivity contribution in [2.75, 3.05) is 17.7 Å². The number of nitrogens with zero attached hydrogens (tertiary/aromatic N) is 3. The Kier molecular flexibility index (Phi) is 5.48. The number of alkyl halides is 3. The van der Waals surface area contributed by atoms with Crippen LogP contribution in [-0.4, -0.2) is 22.0 Å². The van der Waals surface area contributed by atoms with Gasteiger partial charge < -0.3 is 15.4 Å². The van der Waals surface area contributed by atoms with E-state index in [4.69, 9.17) is 4.74 Å². The van der Waals surface area contributed by atoms with Crippen LogP contribution in [0.15, 0.2) is 54.9 Å². The molecule has 0 aliphatic heterocycles. The molecule has 0 aliphatic carbocycles. The van der Waals surface area contributed by atoms with E-state index >= 15 is 0 Å². The summed E-state index contributed by atoms with van der Waals surface area (Å²) in [5.74, 6) is 0.364. The summed E-state index contributed by atoms with van der Waals surface area (Å²) in [6, 6.07) is 10.7. The van der Waals surface area contributed by atoms with Gasteiger partial charge in [-0.1, -0.05) is 0 Å². The predicted octanol–water partition coefficient (Wildman–Crippen LogP) is 4.90. The normalized spacial score (nSPS) is 11.0. The maximum atomic E-state index is 12.7. The zero-order chi connectivity index (χ0) is 21.0. The Morgan fingerprint density at radius 3 is 1.83 bits per heavy atom. The lowest BCUT2D eigenvalue weighted by Gasteiger charge is -2.11. The van der Waals surface area contributed by atoms with E-state index in [-0.39, 0.29) is 17.3 Å². The minimum Gasteiger partial charge on any atom is -0.497 e. The average molecular weight is 405 g/mol. The lowest BCUT2D eigenvalue weighted by atomic mass is 10.2. The van der Waals surface area contributed by atoms with Gasteiger partial charge >= 0.3 is 11.9 Å². The van der Waals surface area contributed by atoms with Gasteiger partial charge in [0.25, 0.3) is 0 Å². The van der Waals surface area contributed by atoms with E-state index in [2.05, 4.69) is 20.6 Å². The molecule has 0 aliphatic rings. The molecular weight excluding hydrogens is 391 g/mol. The Bertz CT molecular complexity index is 1010. The van der Waals surface area contributed by atoms with Crippen LogP contribution >= 0.6 is 0 Å². The Labute approximate surface area is 162 Å². The Morgan fingerprint density at radius 2 is 1.41 bits per heavy atom. The van der Waals surface area contributed by atoms with Gasteiger partial charge in [0.05, 0.1) is 17.6 Å². The van der Waals surface area contributed by atoms with Crippen LogP contribution in [-0.2, 0) is 6.18 Å². The summed E-state index contributed by atoms with van der Waals surface area (Å²) in [6.45, 7) is 0. The van der Waals surface area contributed by atoms with Crippen LogP contribution in [0, 0.1) is 10.1 Å². The maximum absolute atomic E-state index is 12.7. The molecule has 1 heterocycles. The number of ether oxygens (including phenoxy) is 1. The lowest BCUT2D eigenvalue weighted by molar-refractivity contribution is -0.383. The van der Waals surface area contributed by atoms with Crippen molar-refractivity contribution >= 4 is 28.7 Å². The zero-order valence-electron chi connectivity index (χ0n) is 14.9. The van der Waals surface area contributed by atoms with Crippen molar-refractivity contribution in [1.29, 1.82) is 0 Å². The summed E-state index contributed by atoms with van der Waals surface area (Å²) in [5.41, 5.74) is -0.561. The van der Waals surface area contributed by atoms with Crippen LogP contribution in [0.4, 0.5) is 41.9 Å².